The number of rotatable bonds is 13. The molecule has 0 atom stereocenters. The van der Waals surface area contributed by atoms with Crippen LogP contribution in [0.5, 0.6) is 0 Å². The molecule has 1 aliphatic carbocycles. The number of carboxylic acid groups (broad SMARTS) is 1. The molecule has 0 radical (unpaired) electrons. The Kier molecular flexibility index (Phi) is 11.9. The van der Waals surface area contributed by atoms with Gasteiger partial charge in [0.15, 0.2) is 0 Å². The molecule has 1 rings (SSSR count). The second-order valence-corrected chi connectivity index (χ2v) is 7.04. The van der Waals surface area contributed by atoms with Crippen molar-refractivity contribution in [3.63, 3.8) is 0 Å². The first kappa shape index (κ1) is 22.2. The number of likely N-dealkylation sites (N-methyl/N-ethyl adjacent to an activating group) is 1. The Hall–Kier alpha value is -0.850. The van der Waals surface area contributed by atoms with Gasteiger partial charge in [-0.1, -0.05) is 19.8 Å². The van der Waals surface area contributed by atoms with Gasteiger partial charge < -0.3 is 24.4 Å². The van der Waals surface area contributed by atoms with Gasteiger partial charge in [-0.25, -0.2) is 4.79 Å². The van der Waals surface area contributed by atoms with Crippen molar-refractivity contribution in [3.8, 4) is 0 Å². The summed E-state index contributed by atoms with van der Waals surface area (Å²) in [6, 6.07) is 0.164. The zero-order valence-corrected chi connectivity index (χ0v) is 16.4. The molecule has 0 saturated heterocycles. The molecule has 1 fully saturated rings. The van der Waals surface area contributed by atoms with Crippen LogP contribution in [0.4, 0.5) is 4.79 Å². The summed E-state index contributed by atoms with van der Waals surface area (Å²) >= 11 is 0. The topological polar surface area (TPSA) is 62.2 Å². The van der Waals surface area contributed by atoms with Gasteiger partial charge in [0.05, 0.1) is 12.7 Å². The van der Waals surface area contributed by atoms with Gasteiger partial charge >= 0.3 is 6.09 Å². The molecule has 1 aliphatic rings. The van der Waals surface area contributed by atoms with Crippen molar-refractivity contribution in [1.29, 1.82) is 0 Å². The van der Waals surface area contributed by atoms with E-state index in [0.717, 1.165) is 65.0 Å². The Balaban J connectivity index is 1.98. The standard InChI is InChI=1S/C19H38N2O4/c1-4-21(14-16-24-3)13-7-5-6-8-15-25-18-11-9-17(10-12-18)20(2)19(22)23/h17-18H,4-16H2,1-3H3,(H,22,23). The van der Waals surface area contributed by atoms with Crippen LogP contribution in [0.25, 0.3) is 0 Å². The third-order valence-corrected chi connectivity index (χ3v) is 5.27. The van der Waals surface area contributed by atoms with Crippen LogP contribution in [0.15, 0.2) is 0 Å². The minimum Gasteiger partial charge on any atom is -0.465 e. The number of hydrogen-bond donors (Lipinski definition) is 1. The highest BCUT2D eigenvalue weighted by Gasteiger charge is 2.26. The molecule has 1 saturated carbocycles. The first-order valence-corrected chi connectivity index (χ1v) is 9.87. The van der Waals surface area contributed by atoms with Crippen LogP contribution in [0.2, 0.25) is 0 Å². The fourth-order valence-electron chi connectivity index (χ4n) is 3.44. The minimum atomic E-state index is -0.826. The number of methoxy groups -OCH3 is 1. The second kappa shape index (κ2) is 13.4. The zero-order chi connectivity index (χ0) is 18.5. The molecule has 0 aromatic carbocycles. The fraction of sp³-hybridized carbons (Fsp3) is 0.947. The van der Waals surface area contributed by atoms with E-state index in [2.05, 4.69) is 11.8 Å². The Morgan fingerprint density at radius 2 is 1.72 bits per heavy atom. The number of unbranched alkanes of at least 4 members (excludes halogenated alkanes) is 3. The SMILES string of the molecule is CCN(CCCCCCOC1CCC(N(C)C(=O)O)CC1)CCOC. The van der Waals surface area contributed by atoms with Gasteiger partial charge in [0.1, 0.15) is 0 Å². The van der Waals surface area contributed by atoms with Crippen molar-refractivity contribution in [2.75, 3.05) is 47.0 Å². The van der Waals surface area contributed by atoms with Crippen molar-refractivity contribution in [2.24, 2.45) is 0 Å². The van der Waals surface area contributed by atoms with E-state index in [1.165, 1.54) is 24.2 Å². The Bertz CT molecular complexity index is 346. The van der Waals surface area contributed by atoms with Gasteiger partial charge in [-0.3, -0.25) is 0 Å². The molecule has 0 unspecified atom stereocenters. The average Bonchev–Trinajstić information content (AvgIpc) is 2.63. The maximum atomic E-state index is 11.0. The maximum absolute atomic E-state index is 11.0. The normalized spacial score (nSPS) is 20.8. The lowest BCUT2D eigenvalue weighted by Crippen LogP contribution is -2.39. The molecule has 0 aromatic rings. The van der Waals surface area contributed by atoms with E-state index in [0.29, 0.717) is 6.10 Å². The summed E-state index contributed by atoms with van der Waals surface area (Å²) in [4.78, 5) is 14.9. The van der Waals surface area contributed by atoms with E-state index in [1.807, 2.05) is 0 Å². The molecule has 6 heteroatoms. The Morgan fingerprint density at radius 1 is 1.04 bits per heavy atom. The van der Waals surface area contributed by atoms with Crippen LogP contribution in [0.1, 0.15) is 58.3 Å². The van der Waals surface area contributed by atoms with Crippen LogP contribution in [-0.2, 0) is 9.47 Å². The third kappa shape index (κ3) is 9.42. The highest BCUT2D eigenvalue weighted by Crippen LogP contribution is 2.24. The molecule has 0 bridgehead atoms. The van der Waals surface area contributed by atoms with Crippen LogP contribution < -0.4 is 0 Å². The predicted molar refractivity (Wildman–Crippen MR) is 100 cm³/mol. The quantitative estimate of drug-likeness (QED) is 0.511. The van der Waals surface area contributed by atoms with Gasteiger partial charge in [0, 0.05) is 33.4 Å². The summed E-state index contributed by atoms with van der Waals surface area (Å²) in [5, 5.41) is 9.02. The van der Waals surface area contributed by atoms with Crippen molar-refractivity contribution in [2.45, 2.75) is 70.4 Å². The summed E-state index contributed by atoms with van der Waals surface area (Å²) in [5.41, 5.74) is 0. The lowest BCUT2D eigenvalue weighted by Gasteiger charge is -2.33. The van der Waals surface area contributed by atoms with Gasteiger partial charge in [-0.15, -0.1) is 0 Å². The zero-order valence-electron chi connectivity index (χ0n) is 16.4. The number of ether oxygens (including phenoxy) is 2. The summed E-state index contributed by atoms with van der Waals surface area (Å²) in [5.74, 6) is 0. The van der Waals surface area contributed by atoms with Crippen molar-refractivity contribution in [3.05, 3.63) is 0 Å². The number of nitrogens with zero attached hydrogens (tertiary/aromatic N) is 2. The van der Waals surface area contributed by atoms with E-state index < -0.39 is 6.09 Å². The fourth-order valence-corrected chi connectivity index (χ4v) is 3.44. The first-order valence-electron chi connectivity index (χ1n) is 9.87. The molecular formula is C19H38N2O4. The molecular weight excluding hydrogens is 320 g/mol. The smallest absolute Gasteiger partial charge is 0.407 e. The average molecular weight is 359 g/mol. The molecule has 1 amide bonds. The first-order chi connectivity index (χ1) is 12.1. The molecule has 0 aliphatic heterocycles. The molecule has 0 heterocycles. The third-order valence-electron chi connectivity index (χ3n) is 5.27. The highest BCUT2D eigenvalue weighted by atomic mass is 16.5. The second-order valence-electron chi connectivity index (χ2n) is 7.04. The number of carbonyl (C=O) groups is 1. The Morgan fingerprint density at radius 3 is 2.32 bits per heavy atom. The van der Waals surface area contributed by atoms with Gasteiger partial charge in [0.2, 0.25) is 0 Å². The molecule has 25 heavy (non-hydrogen) atoms. The summed E-state index contributed by atoms with van der Waals surface area (Å²) in [6.45, 7) is 7.12. The van der Waals surface area contributed by atoms with Crippen LogP contribution in [0, 0.1) is 0 Å². The van der Waals surface area contributed by atoms with E-state index in [-0.39, 0.29) is 6.04 Å². The van der Waals surface area contributed by atoms with E-state index in [9.17, 15) is 4.79 Å². The summed E-state index contributed by atoms with van der Waals surface area (Å²) in [7, 11) is 3.42. The van der Waals surface area contributed by atoms with Crippen molar-refractivity contribution < 1.29 is 19.4 Å². The molecule has 0 aromatic heterocycles. The van der Waals surface area contributed by atoms with Crippen LogP contribution in [0.3, 0.4) is 0 Å². The highest BCUT2D eigenvalue weighted by molar-refractivity contribution is 5.64. The molecule has 0 spiro atoms. The van der Waals surface area contributed by atoms with Crippen molar-refractivity contribution in [1.82, 2.24) is 9.80 Å². The summed E-state index contributed by atoms with van der Waals surface area (Å²) in [6.07, 6.45) is 8.13. The van der Waals surface area contributed by atoms with Crippen LogP contribution >= 0.6 is 0 Å². The monoisotopic (exact) mass is 358 g/mol. The van der Waals surface area contributed by atoms with Crippen LogP contribution in [-0.4, -0.2) is 80.2 Å². The lowest BCUT2D eigenvalue weighted by atomic mass is 9.92. The van der Waals surface area contributed by atoms with Gasteiger partial charge in [-0.2, -0.15) is 0 Å². The van der Waals surface area contributed by atoms with Gasteiger partial charge in [-0.05, 0) is 51.6 Å². The molecule has 148 valence electrons. The molecule has 1 N–H and O–H groups in total. The lowest BCUT2D eigenvalue weighted by molar-refractivity contribution is 0.00992. The maximum Gasteiger partial charge on any atom is 0.407 e. The van der Waals surface area contributed by atoms with E-state index in [1.54, 1.807) is 14.2 Å². The van der Waals surface area contributed by atoms with E-state index in [4.69, 9.17) is 14.6 Å². The minimum absolute atomic E-state index is 0.164. The predicted octanol–water partition coefficient (Wildman–Crippen LogP) is 3.45. The Labute approximate surface area is 153 Å². The van der Waals surface area contributed by atoms with E-state index >= 15 is 0 Å². The van der Waals surface area contributed by atoms with Crippen molar-refractivity contribution >= 4 is 6.09 Å². The van der Waals surface area contributed by atoms with Gasteiger partial charge in [0.25, 0.3) is 0 Å². The largest absolute Gasteiger partial charge is 0.465 e. The number of hydrogen-bond acceptors (Lipinski definition) is 4. The summed E-state index contributed by atoms with van der Waals surface area (Å²) < 4.78 is 11.1. The molecule has 6 nitrogen and oxygen atoms in total. The number of amides is 1.